The van der Waals surface area contributed by atoms with E-state index >= 15 is 0 Å². The summed E-state index contributed by atoms with van der Waals surface area (Å²) in [6, 6.07) is 6.42. The zero-order chi connectivity index (χ0) is 18.8. The molecule has 1 saturated heterocycles. The summed E-state index contributed by atoms with van der Waals surface area (Å²) in [5, 5.41) is 0. The van der Waals surface area contributed by atoms with Crippen molar-refractivity contribution < 1.29 is 22.1 Å². The van der Waals surface area contributed by atoms with E-state index in [4.69, 9.17) is 8.92 Å². The average molecular weight is 369 g/mol. The molecule has 0 radical (unpaired) electrons. The Kier molecular flexibility index (Phi) is 5.79. The fourth-order valence-electron chi connectivity index (χ4n) is 2.75. The van der Waals surface area contributed by atoms with Crippen LogP contribution in [-0.4, -0.2) is 43.7 Å². The minimum Gasteiger partial charge on any atom is -0.444 e. The number of benzene rings is 1. The third-order valence-electron chi connectivity index (χ3n) is 4.03. The van der Waals surface area contributed by atoms with Gasteiger partial charge in [0.05, 0.1) is 11.0 Å². The van der Waals surface area contributed by atoms with Gasteiger partial charge in [-0.15, -0.1) is 0 Å². The highest BCUT2D eigenvalue weighted by molar-refractivity contribution is 7.86. The highest BCUT2D eigenvalue weighted by Crippen LogP contribution is 2.25. The third kappa shape index (κ3) is 5.44. The lowest BCUT2D eigenvalue weighted by Gasteiger charge is -2.37. The quantitative estimate of drug-likeness (QED) is 0.763. The molecule has 1 heterocycles. The van der Waals surface area contributed by atoms with Crippen LogP contribution in [0.5, 0.6) is 0 Å². The van der Waals surface area contributed by atoms with Crippen LogP contribution in [0.25, 0.3) is 0 Å². The maximum atomic E-state index is 12.4. The first-order chi connectivity index (χ1) is 11.5. The number of ether oxygens (including phenoxy) is 1. The number of rotatable bonds is 3. The molecular formula is C18H27NO5S. The summed E-state index contributed by atoms with van der Waals surface area (Å²) in [6.45, 7) is 9.63. The number of hydrogen-bond acceptors (Lipinski definition) is 5. The first-order valence-electron chi connectivity index (χ1n) is 8.47. The molecule has 0 N–H and O–H groups in total. The number of carbonyl (C=O) groups excluding carboxylic acids is 1. The summed E-state index contributed by atoms with van der Waals surface area (Å²) in [4.78, 5) is 14.0. The number of amides is 1. The first kappa shape index (κ1) is 19.7. The summed E-state index contributed by atoms with van der Waals surface area (Å²) in [6.07, 6.45) is 0.0822. The van der Waals surface area contributed by atoms with Crippen molar-refractivity contribution in [2.45, 2.75) is 70.1 Å². The summed E-state index contributed by atoms with van der Waals surface area (Å²) in [5.41, 5.74) is 0.428. The molecule has 1 aromatic carbocycles. The minimum absolute atomic E-state index is 0.151. The molecule has 7 heteroatoms. The van der Waals surface area contributed by atoms with E-state index in [9.17, 15) is 13.2 Å². The zero-order valence-corrected chi connectivity index (χ0v) is 16.3. The number of piperidine rings is 1. The van der Waals surface area contributed by atoms with Crippen LogP contribution < -0.4 is 0 Å². The van der Waals surface area contributed by atoms with Gasteiger partial charge in [-0.2, -0.15) is 8.42 Å². The van der Waals surface area contributed by atoms with E-state index in [1.165, 1.54) is 0 Å². The fraction of sp³-hybridized carbons (Fsp3) is 0.611. The Hall–Kier alpha value is -1.60. The summed E-state index contributed by atoms with van der Waals surface area (Å²) >= 11 is 0. The van der Waals surface area contributed by atoms with Crippen LogP contribution in [0.15, 0.2) is 29.2 Å². The lowest BCUT2D eigenvalue weighted by atomic mass is 10.0. The van der Waals surface area contributed by atoms with Gasteiger partial charge in [0, 0.05) is 12.6 Å². The Morgan fingerprint density at radius 1 is 1.20 bits per heavy atom. The van der Waals surface area contributed by atoms with Crippen molar-refractivity contribution in [1.82, 2.24) is 4.90 Å². The van der Waals surface area contributed by atoms with Gasteiger partial charge in [0.1, 0.15) is 5.60 Å². The maximum Gasteiger partial charge on any atom is 0.410 e. The molecule has 0 aliphatic carbocycles. The van der Waals surface area contributed by atoms with Crippen molar-refractivity contribution in [3.8, 4) is 0 Å². The number of aryl methyl sites for hydroxylation is 1. The molecule has 1 aromatic rings. The predicted octanol–water partition coefficient (Wildman–Crippen LogP) is 3.49. The van der Waals surface area contributed by atoms with E-state index in [1.54, 1.807) is 29.2 Å². The minimum atomic E-state index is -3.80. The molecule has 25 heavy (non-hydrogen) atoms. The first-order valence-corrected chi connectivity index (χ1v) is 9.88. The summed E-state index contributed by atoms with van der Waals surface area (Å²) in [7, 11) is -3.80. The van der Waals surface area contributed by atoms with Crippen molar-refractivity contribution in [3.63, 3.8) is 0 Å². The normalized spacial score (nSPS) is 21.9. The molecule has 2 rings (SSSR count). The largest absolute Gasteiger partial charge is 0.444 e. The van der Waals surface area contributed by atoms with Crippen molar-refractivity contribution in [1.29, 1.82) is 0 Å². The highest BCUT2D eigenvalue weighted by Gasteiger charge is 2.34. The van der Waals surface area contributed by atoms with Crippen LogP contribution >= 0.6 is 0 Å². The molecule has 1 aliphatic rings. The van der Waals surface area contributed by atoms with Gasteiger partial charge in [-0.1, -0.05) is 17.7 Å². The topological polar surface area (TPSA) is 72.9 Å². The Bertz CT molecular complexity index is 706. The van der Waals surface area contributed by atoms with Gasteiger partial charge in [0.2, 0.25) is 0 Å². The monoisotopic (exact) mass is 369 g/mol. The van der Waals surface area contributed by atoms with Crippen LogP contribution in [0, 0.1) is 6.92 Å². The van der Waals surface area contributed by atoms with Gasteiger partial charge in [-0.05, 0) is 59.6 Å². The molecule has 1 fully saturated rings. The molecule has 0 spiro atoms. The molecule has 0 unspecified atom stereocenters. The van der Waals surface area contributed by atoms with Crippen molar-refractivity contribution >= 4 is 16.2 Å². The van der Waals surface area contributed by atoms with Gasteiger partial charge in [-0.25, -0.2) is 4.79 Å². The van der Waals surface area contributed by atoms with E-state index in [-0.39, 0.29) is 17.0 Å². The third-order valence-corrected chi connectivity index (χ3v) is 5.40. The molecular weight excluding hydrogens is 342 g/mol. The second-order valence-corrected chi connectivity index (χ2v) is 9.10. The van der Waals surface area contributed by atoms with Gasteiger partial charge >= 0.3 is 6.09 Å². The molecule has 1 aliphatic heterocycles. The zero-order valence-electron chi connectivity index (χ0n) is 15.5. The standard InChI is InChI=1S/C18H27NO5S/c1-13-6-8-16(9-7-13)25(21,22)24-15-10-11-19(14(2)12-15)17(20)23-18(3,4)5/h6-9,14-15H,10-12H2,1-5H3/t14-,15-/m0/s1. The SMILES string of the molecule is Cc1ccc(S(=O)(=O)O[C@H]2CCN(C(=O)OC(C)(C)C)[C@@H](C)C2)cc1. The number of nitrogens with zero attached hydrogens (tertiary/aromatic N) is 1. The second kappa shape index (κ2) is 7.33. The van der Waals surface area contributed by atoms with Crippen molar-refractivity contribution in [2.75, 3.05) is 6.54 Å². The van der Waals surface area contributed by atoms with Gasteiger partial charge < -0.3 is 9.64 Å². The Morgan fingerprint density at radius 3 is 2.32 bits per heavy atom. The predicted molar refractivity (Wildman–Crippen MR) is 94.9 cm³/mol. The summed E-state index contributed by atoms with van der Waals surface area (Å²) in [5.74, 6) is 0. The molecule has 0 saturated carbocycles. The Morgan fingerprint density at radius 2 is 1.80 bits per heavy atom. The number of hydrogen-bond donors (Lipinski definition) is 0. The smallest absolute Gasteiger partial charge is 0.410 e. The van der Waals surface area contributed by atoms with Gasteiger partial charge in [0.25, 0.3) is 10.1 Å². The lowest BCUT2D eigenvalue weighted by Crippen LogP contribution is -2.48. The van der Waals surface area contributed by atoms with Crippen LogP contribution in [0.2, 0.25) is 0 Å². The van der Waals surface area contributed by atoms with Crippen LogP contribution in [0.4, 0.5) is 4.79 Å². The molecule has 1 amide bonds. The van der Waals surface area contributed by atoms with Gasteiger partial charge in [0.15, 0.2) is 0 Å². The second-order valence-electron chi connectivity index (χ2n) is 7.53. The van der Waals surface area contributed by atoms with Gasteiger partial charge in [-0.3, -0.25) is 4.18 Å². The Balaban J connectivity index is 1.99. The van der Waals surface area contributed by atoms with E-state index in [1.807, 2.05) is 34.6 Å². The average Bonchev–Trinajstić information content (AvgIpc) is 2.45. The fourth-order valence-corrected chi connectivity index (χ4v) is 3.86. The summed E-state index contributed by atoms with van der Waals surface area (Å²) < 4.78 is 35.6. The molecule has 0 bridgehead atoms. The van der Waals surface area contributed by atoms with E-state index < -0.39 is 21.8 Å². The number of carbonyl (C=O) groups is 1. The Labute approximate surface area is 150 Å². The van der Waals surface area contributed by atoms with Crippen molar-refractivity contribution in [2.24, 2.45) is 0 Å². The molecule has 0 aromatic heterocycles. The van der Waals surface area contributed by atoms with E-state index in [0.29, 0.717) is 19.4 Å². The highest BCUT2D eigenvalue weighted by atomic mass is 32.2. The number of likely N-dealkylation sites (tertiary alicyclic amines) is 1. The van der Waals surface area contributed by atoms with E-state index in [2.05, 4.69) is 0 Å². The lowest BCUT2D eigenvalue weighted by molar-refractivity contribution is -0.000142. The van der Waals surface area contributed by atoms with Crippen LogP contribution in [0.3, 0.4) is 0 Å². The maximum absolute atomic E-state index is 12.4. The molecule has 6 nitrogen and oxygen atoms in total. The van der Waals surface area contributed by atoms with E-state index in [0.717, 1.165) is 5.56 Å². The molecule has 2 atom stereocenters. The van der Waals surface area contributed by atoms with Crippen molar-refractivity contribution in [3.05, 3.63) is 29.8 Å². The van der Waals surface area contributed by atoms with Crippen LogP contribution in [-0.2, 0) is 19.0 Å². The van der Waals surface area contributed by atoms with Crippen LogP contribution in [0.1, 0.15) is 46.1 Å². The molecule has 140 valence electrons.